The van der Waals surface area contributed by atoms with Crippen molar-refractivity contribution in [2.75, 3.05) is 55.0 Å². The average Bonchev–Trinajstić information content (AvgIpc) is 3.34. The second kappa shape index (κ2) is 9.41. The van der Waals surface area contributed by atoms with Gasteiger partial charge in [0.05, 0.1) is 19.5 Å². The van der Waals surface area contributed by atoms with Gasteiger partial charge in [0.1, 0.15) is 17.0 Å². The van der Waals surface area contributed by atoms with E-state index in [0.717, 1.165) is 67.5 Å². The van der Waals surface area contributed by atoms with Gasteiger partial charge in [-0.3, -0.25) is 0 Å². The van der Waals surface area contributed by atoms with Gasteiger partial charge in [0.25, 0.3) is 0 Å². The summed E-state index contributed by atoms with van der Waals surface area (Å²) in [6.45, 7) is 6.48. The first-order valence-corrected chi connectivity index (χ1v) is 11.3. The number of nitrogens with one attached hydrogen (secondary N) is 2. The number of nitrogens with zero attached hydrogens (tertiary/aromatic N) is 6. The van der Waals surface area contributed by atoms with Gasteiger partial charge in [-0.1, -0.05) is 6.92 Å². The molecule has 0 aliphatic carbocycles. The summed E-state index contributed by atoms with van der Waals surface area (Å²) in [5.41, 5.74) is 5.18. The van der Waals surface area contributed by atoms with Gasteiger partial charge in [-0.15, -0.1) is 0 Å². The van der Waals surface area contributed by atoms with Crippen molar-refractivity contribution in [3.63, 3.8) is 0 Å². The van der Waals surface area contributed by atoms with E-state index in [2.05, 4.69) is 61.2 Å². The highest BCUT2D eigenvalue weighted by Gasteiger charge is 2.14. The normalized spacial score (nSPS) is 13.9. The number of anilines is 4. The topological polar surface area (TPSA) is 95.1 Å². The Balaban J connectivity index is 1.40. The van der Waals surface area contributed by atoms with Crippen molar-refractivity contribution in [3.05, 3.63) is 48.9 Å². The molecule has 0 saturated carbocycles. The van der Waals surface area contributed by atoms with Crippen molar-refractivity contribution < 1.29 is 4.74 Å². The van der Waals surface area contributed by atoms with Crippen LogP contribution < -0.4 is 15.1 Å². The molecule has 0 radical (unpaired) electrons. The van der Waals surface area contributed by atoms with E-state index in [1.54, 1.807) is 6.33 Å². The SMILES string of the molecule is CCCN(C)c1ccc(-c2nc(Nc3ccc(N4CCOCC4)cc3)nc3nc[nH]c23)cn1. The number of fused-ring (bicyclic) bond motifs is 1. The first-order chi connectivity index (χ1) is 16.2. The van der Waals surface area contributed by atoms with Crippen LogP contribution in [-0.2, 0) is 4.74 Å². The standard InChI is InChI=1S/C24H28N8O/c1-3-10-31(2)20-9-4-17(15-25-20)21-22-23(27-16-26-22)30-24(29-21)28-18-5-7-19(8-6-18)32-11-13-33-14-12-32/h4-9,15-16H,3,10-14H2,1-2H3,(H2,26,27,28,29,30). The Morgan fingerprint density at radius 1 is 1.06 bits per heavy atom. The number of hydrogen-bond acceptors (Lipinski definition) is 8. The van der Waals surface area contributed by atoms with E-state index in [4.69, 9.17) is 9.72 Å². The lowest BCUT2D eigenvalue weighted by atomic mass is 10.2. The highest BCUT2D eigenvalue weighted by molar-refractivity contribution is 5.88. The lowest BCUT2D eigenvalue weighted by molar-refractivity contribution is 0.122. The third-order valence-corrected chi connectivity index (χ3v) is 5.76. The summed E-state index contributed by atoms with van der Waals surface area (Å²) in [7, 11) is 2.05. The predicted molar refractivity (Wildman–Crippen MR) is 131 cm³/mol. The third-order valence-electron chi connectivity index (χ3n) is 5.76. The smallest absolute Gasteiger partial charge is 0.229 e. The van der Waals surface area contributed by atoms with E-state index in [9.17, 15) is 0 Å². The molecular formula is C24H28N8O. The zero-order chi connectivity index (χ0) is 22.6. The first-order valence-electron chi connectivity index (χ1n) is 11.3. The van der Waals surface area contributed by atoms with Crippen LogP contribution in [0.1, 0.15) is 13.3 Å². The maximum Gasteiger partial charge on any atom is 0.229 e. The molecule has 170 valence electrons. The van der Waals surface area contributed by atoms with Crippen molar-refractivity contribution in [2.24, 2.45) is 0 Å². The fourth-order valence-electron chi connectivity index (χ4n) is 4.01. The van der Waals surface area contributed by atoms with Crippen molar-refractivity contribution in [1.29, 1.82) is 0 Å². The monoisotopic (exact) mass is 444 g/mol. The van der Waals surface area contributed by atoms with Crippen molar-refractivity contribution in [1.82, 2.24) is 24.9 Å². The summed E-state index contributed by atoms with van der Waals surface area (Å²) in [5.74, 6) is 1.44. The molecule has 0 bridgehead atoms. The van der Waals surface area contributed by atoms with Gasteiger partial charge in [0.2, 0.25) is 5.95 Å². The average molecular weight is 445 g/mol. The lowest BCUT2D eigenvalue weighted by Crippen LogP contribution is -2.36. The van der Waals surface area contributed by atoms with E-state index in [1.165, 1.54) is 5.69 Å². The van der Waals surface area contributed by atoms with Gasteiger partial charge < -0.3 is 24.8 Å². The minimum absolute atomic E-state index is 0.496. The van der Waals surface area contributed by atoms with Crippen LogP contribution in [0.4, 0.5) is 23.1 Å². The molecule has 0 amide bonds. The summed E-state index contributed by atoms with van der Waals surface area (Å²) < 4.78 is 5.44. The van der Waals surface area contributed by atoms with Gasteiger partial charge in [0, 0.05) is 49.8 Å². The molecule has 0 unspecified atom stereocenters. The minimum Gasteiger partial charge on any atom is -0.378 e. The molecule has 1 aromatic carbocycles. The molecular weight excluding hydrogens is 416 g/mol. The van der Waals surface area contributed by atoms with Crippen LogP contribution in [0, 0.1) is 0 Å². The molecule has 5 rings (SSSR count). The maximum absolute atomic E-state index is 5.44. The summed E-state index contributed by atoms with van der Waals surface area (Å²) >= 11 is 0. The predicted octanol–water partition coefficient (Wildman–Crippen LogP) is 3.84. The number of pyridine rings is 1. The molecule has 33 heavy (non-hydrogen) atoms. The van der Waals surface area contributed by atoms with Crippen molar-refractivity contribution in [3.8, 4) is 11.3 Å². The molecule has 0 spiro atoms. The quantitative estimate of drug-likeness (QED) is 0.444. The second-order valence-corrected chi connectivity index (χ2v) is 8.09. The summed E-state index contributed by atoms with van der Waals surface area (Å²) in [5, 5.41) is 3.32. The van der Waals surface area contributed by atoms with E-state index in [1.807, 2.05) is 30.5 Å². The summed E-state index contributed by atoms with van der Waals surface area (Å²) in [6.07, 6.45) is 4.56. The zero-order valence-corrected chi connectivity index (χ0v) is 19.0. The first kappa shape index (κ1) is 21.1. The molecule has 9 nitrogen and oxygen atoms in total. The molecule has 4 aromatic rings. The molecule has 1 aliphatic heterocycles. The van der Waals surface area contributed by atoms with Crippen LogP contribution in [0.25, 0.3) is 22.4 Å². The van der Waals surface area contributed by atoms with E-state index in [0.29, 0.717) is 11.6 Å². The summed E-state index contributed by atoms with van der Waals surface area (Å²) in [6, 6.07) is 12.4. The van der Waals surface area contributed by atoms with E-state index in [-0.39, 0.29) is 0 Å². The van der Waals surface area contributed by atoms with Gasteiger partial charge in [0.15, 0.2) is 5.65 Å². The van der Waals surface area contributed by atoms with Gasteiger partial charge in [-0.05, 0) is 42.8 Å². The Labute approximate surface area is 192 Å². The number of imidazole rings is 1. The van der Waals surface area contributed by atoms with Crippen molar-refractivity contribution >= 4 is 34.3 Å². The molecule has 3 aromatic heterocycles. The molecule has 4 heterocycles. The molecule has 1 fully saturated rings. The zero-order valence-electron chi connectivity index (χ0n) is 19.0. The number of morpholine rings is 1. The number of ether oxygens (including phenoxy) is 1. The van der Waals surface area contributed by atoms with Crippen LogP contribution in [0.15, 0.2) is 48.9 Å². The Kier molecular flexibility index (Phi) is 6.03. The number of H-pyrrole nitrogens is 1. The third kappa shape index (κ3) is 4.58. The van der Waals surface area contributed by atoms with Crippen LogP contribution in [0.5, 0.6) is 0 Å². The van der Waals surface area contributed by atoms with Crippen LogP contribution in [-0.4, -0.2) is 64.8 Å². The molecule has 1 saturated heterocycles. The number of benzene rings is 1. The van der Waals surface area contributed by atoms with E-state index < -0.39 is 0 Å². The number of hydrogen-bond donors (Lipinski definition) is 2. The fraction of sp³-hybridized carbons (Fsp3) is 0.333. The highest BCUT2D eigenvalue weighted by Crippen LogP contribution is 2.27. The number of aromatic nitrogens is 5. The van der Waals surface area contributed by atoms with Crippen LogP contribution >= 0.6 is 0 Å². The molecule has 9 heteroatoms. The van der Waals surface area contributed by atoms with Gasteiger partial charge in [-0.25, -0.2) is 15.0 Å². The van der Waals surface area contributed by atoms with E-state index >= 15 is 0 Å². The Morgan fingerprint density at radius 2 is 1.88 bits per heavy atom. The largest absolute Gasteiger partial charge is 0.378 e. The Morgan fingerprint density at radius 3 is 2.61 bits per heavy atom. The Hall–Kier alpha value is -3.72. The maximum atomic E-state index is 5.44. The minimum atomic E-state index is 0.496. The Bertz CT molecular complexity index is 1200. The van der Waals surface area contributed by atoms with Crippen LogP contribution in [0.3, 0.4) is 0 Å². The van der Waals surface area contributed by atoms with Crippen LogP contribution in [0.2, 0.25) is 0 Å². The fourth-order valence-corrected chi connectivity index (χ4v) is 4.01. The number of aromatic amines is 1. The second-order valence-electron chi connectivity index (χ2n) is 8.09. The molecule has 1 aliphatic rings. The number of rotatable bonds is 7. The summed E-state index contributed by atoms with van der Waals surface area (Å²) in [4.78, 5) is 26.0. The molecule has 2 N–H and O–H groups in total. The lowest BCUT2D eigenvalue weighted by Gasteiger charge is -2.28. The van der Waals surface area contributed by atoms with Crippen molar-refractivity contribution in [2.45, 2.75) is 13.3 Å². The molecule has 0 atom stereocenters. The van der Waals surface area contributed by atoms with Gasteiger partial charge in [-0.2, -0.15) is 4.98 Å². The highest BCUT2D eigenvalue weighted by atomic mass is 16.5. The van der Waals surface area contributed by atoms with Gasteiger partial charge >= 0.3 is 0 Å².